The highest BCUT2D eigenvalue weighted by Crippen LogP contribution is 2.27. The smallest absolute Gasteiger partial charge is 0.246 e. The number of nitrogens with zero attached hydrogens (tertiary/aromatic N) is 2. The molecule has 0 N–H and O–H groups in total. The van der Waals surface area contributed by atoms with Gasteiger partial charge in [0.05, 0.1) is 11.4 Å². The lowest BCUT2D eigenvalue weighted by molar-refractivity contribution is 0.646. The zero-order valence-corrected chi connectivity index (χ0v) is 11.4. The molecule has 0 aliphatic carbocycles. The van der Waals surface area contributed by atoms with E-state index in [0.717, 1.165) is 53.6 Å². The summed E-state index contributed by atoms with van der Waals surface area (Å²) in [5.74, 6) is 0. The fourth-order valence-corrected chi connectivity index (χ4v) is 2.46. The largest absolute Gasteiger partial charge is 0.436 e. The molecule has 3 nitrogen and oxygen atoms in total. The molecule has 0 radical (unpaired) electrons. The predicted octanol–water partition coefficient (Wildman–Crippen LogP) is 4.28. The standard InChI is InChI=1S/C16H18N2O/c1-3-7-12-13(8-4-2)18-16-15(17-12)11-9-5-6-10-14(11)19-16/h5-6,9-10H,3-4,7-8H2,1-2H3. The van der Waals surface area contributed by atoms with Crippen molar-refractivity contribution in [3.8, 4) is 0 Å². The number of aryl methyl sites for hydroxylation is 2. The molecule has 0 saturated heterocycles. The summed E-state index contributed by atoms with van der Waals surface area (Å²) in [4.78, 5) is 9.51. The Balaban J connectivity index is 2.26. The molecule has 0 spiro atoms. The van der Waals surface area contributed by atoms with Crippen molar-refractivity contribution in [3.63, 3.8) is 0 Å². The van der Waals surface area contributed by atoms with Crippen LogP contribution in [-0.2, 0) is 12.8 Å². The maximum atomic E-state index is 5.80. The second-order valence-electron chi connectivity index (χ2n) is 4.87. The molecule has 0 saturated carbocycles. The van der Waals surface area contributed by atoms with Crippen LogP contribution >= 0.6 is 0 Å². The average Bonchev–Trinajstić information content (AvgIpc) is 2.77. The molecule has 0 aliphatic rings. The maximum absolute atomic E-state index is 5.80. The maximum Gasteiger partial charge on any atom is 0.246 e. The molecule has 98 valence electrons. The van der Waals surface area contributed by atoms with Gasteiger partial charge in [0.25, 0.3) is 0 Å². The fraction of sp³-hybridized carbons (Fsp3) is 0.375. The Morgan fingerprint density at radius 1 is 0.947 bits per heavy atom. The van der Waals surface area contributed by atoms with Crippen LogP contribution in [-0.4, -0.2) is 9.97 Å². The zero-order valence-electron chi connectivity index (χ0n) is 11.4. The summed E-state index contributed by atoms with van der Waals surface area (Å²) in [6.07, 6.45) is 4.12. The molecular formula is C16H18N2O. The lowest BCUT2D eigenvalue weighted by atomic mass is 10.1. The zero-order chi connectivity index (χ0) is 13.2. The normalized spacial score (nSPS) is 11.5. The molecule has 2 aromatic heterocycles. The van der Waals surface area contributed by atoms with E-state index in [1.165, 1.54) is 0 Å². The van der Waals surface area contributed by atoms with Crippen LogP contribution in [0.3, 0.4) is 0 Å². The van der Waals surface area contributed by atoms with Crippen molar-refractivity contribution < 1.29 is 4.42 Å². The minimum Gasteiger partial charge on any atom is -0.436 e. The number of hydrogen-bond acceptors (Lipinski definition) is 3. The molecule has 0 aliphatic heterocycles. The first-order valence-corrected chi connectivity index (χ1v) is 7.00. The number of furan rings is 1. The minimum atomic E-state index is 0.671. The van der Waals surface area contributed by atoms with Crippen molar-refractivity contribution >= 4 is 22.2 Å². The van der Waals surface area contributed by atoms with Crippen LogP contribution in [0.5, 0.6) is 0 Å². The van der Waals surface area contributed by atoms with Crippen molar-refractivity contribution in [2.24, 2.45) is 0 Å². The average molecular weight is 254 g/mol. The van der Waals surface area contributed by atoms with Gasteiger partial charge in [-0.05, 0) is 25.0 Å². The lowest BCUT2D eigenvalue weighted by Crippen LogP contribution is -2.01. The van der Waals surface area contributed by atoms with E-state index in [-0.39, 0.29) is 0 Å². The molecule has 19 heavy (non-hydrogen) atoms. The number of fused-ring (bicyclic) bond motifs is 3. The van der Waals surface area contributed by atoms with Crippen molar-refractivity contribution in [3.05, 3.63) is 35.7 Å². The van der Waals surface area contributed by atoms with Gasteiger partial charge in [-0.2, -0.15) is 0 Å². The summed E-state index contributed by atoms with van der Waals surface area (Å²) < 4.78 is 5.80. The van der Waals surface area contributed by atoms with E-state index < -0.39 is 0 Å². The van der Waals surface area contributed by atoms with Crippen molar-refractivity contribution in [2.45, 2.75) is 39.5 Å². The molecule has 3 aromatic rings. The molecule has 0 unspecified atom stereocenters. The second-order valence-corrected chi connectivity index (χ2v) is 4.87. The molecule has 2 heterocycles. The third-order valence-corrected chi connectivity index (χ3v) is 3.34. The molecule has 0 bridgehead atoms. The molecule has 0 fully saturated rings. The van der Waals surface area contributed by atoms with Crippen LogP contribution < -0.4 is 0 Å². The summed E-state index contributed by atoms with van der Waals surface area (Å²) in [6, 6.07) is 8.01. The highest BCUT2D eigenvalue weighted by Gasteiger charge is 2.13. The van der Waals surface area contributed by atoms with Gasteiger partial charge < -0.3 is 4.42 Å². The van der Waals surface area contributed by atoms with Gasteiger partial charge in [0.2, 0.25) is 5.71 Å². The Morgan fingerprint density at radius 3 is 2.37 bits per heavy atom. The van der Waals surface area contributed by atoms with Crippen LogP contribution in [0.1, 0.15) is 38.1 Å². The van der Waals surface area contributed by atoms with E-state index >= 15 is 0 Å². The Labute approximate surface area is 112 Å². The van der Waals surface area contributed by atoms with Gasteiger partial charge in [-0.25, -0.2) is 9.97 Å². The Hall–Kier alpha value is -1.90. The highest BCUT2D eigenvalue weighted by molar-refractivity contribution is 6.00. The summed E-state index contributed by atoms with van der Waals surface area (Å²) >= 11 is 0. The Bertz CT molecular complexity index is 715. The highest BCUT2D eigenvalue weighted by atomic mass is 16.3. The van der Waals surface area contributed by atoms with Crippen molar-refractivity contribution in [2.75, 3.05) is 0 Å². The van der Waals surface area contributed by atoms with Crippen LogP contribution in [0.25, 0.3) is 22.2 Å². The molecule has 0 atom stereocenters. The topological polar surface area (TPSA) is 38.9 Å². The summed E-state index contributed by atoms with van der Waals surface area (Å²) in [5.41, 5.74) is 4.66. The van der Waals surface area contributed by atoms with E-state index in [1.807, 2.05) is 24.3 Å². The van der Waals surface area contributed by atoms with Crippen LogP contribution in [0, 0.1) is 0 Å². The lowest BCUT2D eigenvalue weighted by Gasteiger charge is -2.05. The van der Waals surface area contributed by atoms with Gasteiger partial charge >= 0.3 is 0 Å². The number of hydrogen-bond donors (Lipinski definition) is 0. The third kappa shape index (κ3) is 2.09. The first-order chi connectivity index (χ1) is 9.33. The van der Waals surface area contributed by atoms with E-state index in [4.69, 9.17) is 14.4 Å². The monoisotopic (exact) mass is 254 g/mol. The van der Waals surface area contributed by atoms with Crippen LogP contribution in [0.4, 0.5) is 0 Å². The van der Waals surface area contributed by atoms with Crippen molar-refractivity contribution in [1.82, 2.24) is 9.97 Å². The van der Waals surface area contributed by atoms with Crippen LogP contribution in [0.2, 0.25) is 0 Å². The van der Waals surface area contributed by atoms with Crippen molar-refractivity contribution in [1.29, 1.82) is 0 Å². The molecule has 0 amide bonds. The SMILES string of the molecule is CCCc1nc2oc3ccccc3c2nc1CCC. The van der Waals surface area contributed by atoms with Gasteiger partial charge in [-0.15, -0.1) is 0 Å². The van der Waals surface area contributed by atoms with E-state index in [0.29, 0.717) is 5.71 Å². The minimum absolute atomic E-state index is 0.671. The quantitative estimate of drug-likeness (QED) is 0.697. The van der Waals surface area contributed by atoms with Gasteiger partial charge in [0.15, 0.2) is 0 Å². The molecule has 1 aromatic carbocycles. The fourth-order valence-electron chi connectivity index (χ4n) is 2.46. The molecule has 3 heteroatoms. The predicted molar refractivity (Wildman–Crippen MR) is 77.3 cm³/mol. The van der Waals surface area contributed by atoms with Gasteiger partial charge in [-0.1, -0.05) is 38.8 Å². The molecule has 3 rings (SSSR count). The van der Waals surface area contributed by atoms with E-state index in [1.54, 1.807) is 0 Å². The van der Waals surface area contributed by atoms with Gasteiger partial charge in [0.1, 0.15) is 11.1 Å². The molecular weight excluding hydrogens is 236 g/mol. The number of benzene rings is 1. The Morgan fingerprint density at radius 2 is 1.63 bits per heavy atom. The summed E-state index contributed by atoms with van der Waals surface area (Å²) in [6.45, 7) is 4.34. The van der Waals surface area contributed by atoms with E-state index in [2.05, 4.69) is 13.8 Å². The number of para-hydroxylation sites is 1. The second kappa shape index (κ2) is 5.00. The first-order valence-electron chi connectivity index (χ1n) is 7.00. The number of aromatic nitrogens is 2. The van der Waals surface area contributed by atoms with Gasteiger partial charge in [-0.3, -0.25) is 0 Å². The van der Waals surface area contributed by atoms with Crippen LogP contribution in [0.15, 0.2) is 28.7 Å². The third-order valence-electron chi connectivity index (χ3n) is 3.34. The van der Waals surface area contributed by atoms with E-state index in [9.17, 15) is 0 Å². The number of rotatable bonds is 4. The summed E-state index contributed by atoms with van der Waals surface area (Å²) in [5, 5.41) is 1.06. The van der Waals surface area contributed by atoms with Gasteiger partial charge in [0, 0.05) is 5.39 Å². The first kappa shape index (κ1) is 12.2. The Kier molecular flexibility index (Phi) is 3.20. The summed E-state index contributed by atoms with van der Waals surface area (Å²) in [7, 11) is 0.